The topological polar surface area (TPSA) is 0 Å². The number of hydrogen-bond donors (Lipinski definition) is 0. The van der Waals surface area contributed by atoms with Gasteiger partial charge in [-0.05, 0) is 24.5 Å². The molecule has 0 bridgehead atoms. The van der Waals surface area contributed by atoms with Crippen LogP contribution in [0.3, 0.4) is 0 Å². The molecule has 0 nitrogen and oxygen atoms in total. The van der Waals surface area contributed by atoms with Crippen molar-refractivity contribution in [2.24, 2.45) is 0 Å². The van der Waals surface area contributed by atoms with Crippen LogP contribution in [-0.2, 0) is 6.42 Å². The number of allylic oxidation sites excluding steroid dienone is 4. The lowest BCUT2D eigenvalue weighted by Gasteiger charge is -2.01. The smallest absolute Gasteiger partial charge is 0.127 e. The summed E-state index contributed by atoms with van der Waals surface area (Å²) in [6, 6.07) is 10.6. The molecule has 94 valence electrons. The van der Waals surface area contributed by atoms with E-state index in [0.717, 1.165) is 12.8 Å². The van der Waals surface area contributed by atoms with Crippen molar-refractivity contribution in [1.82, 2.24) is 0 Å². The van der Waals surface area contributed by atoms with Crippen molar-refractivity contribution in [3.8, 4) is 11.5 Å². The summed E-state index contributed by atoms with van der Waals surface area (Å²) >= 11 is 0. The molecule has 0 amide bonds. The first-order chi connectivity index (χ1) is 8.58. The number of rotatable bonds is 4. The van der Waals surface area contributed by atoms with E-state index >= 15 is 0 Å². The quantitative estimate of drug-likeness (QED) is 0.418. The summed E-state index contributed by atoms with van der Waals surface area (Å²) in [4.78, 5) is 0. The van der Waals surface area contributed by atoms with Crippen LogP contribution in [0.1, 0.15) is 12.0 Å². The molecular formula is C17H22Si. The lowest BCUT2D eigenvalue weighted by atomic mass is 10.1. The van der Waals surface area contributed by atoms with E-state index in [4.69, 9.17) is 0 Å². The first-order valence-corrected chi connectivity index (χ1v) is 9.96. The Morgan fingerprint density at radius 1 is 1.06 bits per heavy atom. The molecule has 0 saturated carbocycles. The summed E-state index contributed by atoms with van der Waals surface area (Å²) in [5, 5.41) is 0. The molecule has 1 rings (SSSR count). The standard InChI is InChI=1S/C17H22Si/c1-18(2,3)16-12-7-5-4-6-9-13-17-14-10-8-11-15-17/h4-8,10-11,14-15H,9,13H2,1-3H3/b6-4+,7-5+. The van der Waals surface area contributed by atoms with E-state index in [1.54, 1.807) is 0 Å². The zero-order chi connectivity index (χ0) is 13.3. The molecule has 1 heteroatoms. The Morgan fingerprint density at radius 2 is 1.78 bits per heavy atom. The fourth-order valence-electron chi connectivity index (χ4n) is 1.43. The van der Waals surface area contributed by atoms with Crippen LogP contribution in [-0.4, -0.2) is 8.07 Å². The largest absolute Gasteiger partial charge is 0.129 e. The zero-order valence-corrected chi connectivity index (χ0v) is 12.6. The van der Waals surface area contributed by atoms with E-state index in [9.17, 15) is 0 Å². The Labute approximate surface area is 112 Å². The van der Waals surface area contributed by atoms with Crippen LogP contribution >= 0.6 is 0 Å². The van der Waals surface area contributed by atoms with Gasteiger partial charge >= 0.3 is 0 Å². The molecule has 0 fully saturated rings. The Hall–Kier alpha value is -1.52. The third kappa shape index (κ3) is 7.70. The second-order valence-corrected chi connectivity index (χ2v) is 10.1. The third-order valence-corrected chi connectivity index (χ3v) is 3.21. The molecule has 18 heavy (non-hydrogen) atoms. The van der Waals surface area contributed by atoms with Gasteiger partial charge in [0.05, 0.1) is 0 Å². The Bertz CT molecular complexity index is 450. The molecule has 0 heterocycles. The SMILES string of the molecule is C[Si](C)(C)C#C/C=C/C=C/CCc1ccccc1. The summed E-state index contributed by atoms with van der Waals surface area (Å²) in [6.45, 7) is 6.76. The van der Waals surface area contributed by atoms with Crippen LogP contribution in [0.25, 0.3) is 0 Å². The first kappa shape index (κ1) is 14.5. The van der Waals surface area contributed by atoms with Crippen LogP contribution in [0, 0.1) is 11.5 Å². The fraction of sp³-hybridized carbons (Fsp3) is 0.294. The highest BCUT2D eigenvalue weighted by atomic mass is 28.3. The van der Waals surface area contributed by atoms with Gasteiger partial charge in [-0.1, -0.05) is 74.1 Å². The van der Waals surface area contributed by atoms with Crippen molar-refractivity contribution in [3.05, 3.63) is 60.2 Å². The monoisotopic (exact) mass is 254 g/mol. The summed E-state index contributed by atoms with van der Waals surface area (Å²) in [5.41, 5.74) is 4.70. The molecule has 0 N–H and O–H groups in total. The van der Waals surface area contributed by atoms with Gasteiger partial charge < -0.3 is 0 Å². The van der Waals surface area contributed by atoms with Crippen molar-refractivity contribution in [3.63, 3.8) is 0 Å². The van der Waals surface area contributed by atoms with Crippen LogP contribution in [0.4, 0.5) is 0 Å². The highest BCUT2D eigenvalue weighted by Crippen LogP contribution is 2.02. The molecule has 0 saturated heterocycles. The van der Waals surface area contributed by atoms with Gasteiger partial charge in [-0.25, -0.2) is 0 Å². The molecule has 0 aliphatic heterocycles. The van der Waals surface area contributed by atoms with Crippen LogP contribution in [0.5, 0.6) is 0 Å². The molecule has 0 aliphatic carbocycles. The van der Waals surface area contributed by atoms with E-state index in [-0.39, 0.29) is 0 Å². The van der Waals surface area contributed by atoms with Gasteiger partial charge in [-0.3, -0.25) is 0 Å². The predicted molar refractivity (Wildman–Crippen MR) is 84.2 cm³/mol. The minimum absolute atomic E-state index is 1.08. The summed E-state index contributed by atoms with van der Waals surface area (Å²) in [7, 11) is -1.21. The molecule has 1 aromatic rings. The minimum Gasteiger partial charge on any atom is -0.127 e. The van der Waals surface area contributed by atoms with Gasteiger partial charge in [0, 0.05) is 0 Å². The summed E-state index contributed by atoms with van der Waals surface area (Å²) in [5.74, 6) is 3.11. The molecule has 1 aromatic carbocycles. The highest BCUT2D eigenvalue weighted by Gasteiger charge is 2.06. The van der Waals surface area contributed by atoms with E-state index in [1.165, 1.54) is 5.56 Å². The number of benzene rings is 1. The van der Waals surface area contributed by atoms with Gasteiger partial charge in [-0.15, -0.1) is 5.54 Å². The third-order valence-electron chi connectivity index (χ3n) is 2.32. The van der Waals surface area contributed by atoms with Crippen LogP contribution in [0.2, 0.25) is 19.6 Å². The van der Waals surface area contributed by atoms with Crippen LogP contribution < -0.4 is 0 Å². The lowest BCUT2D eigenvalue weighted by molar-refractivity contribution is 1.00. The fourth-order valence-corrected chi connectivity index (χ4v) is 1.95. The predicted octanol–water partition coefficient (Wildman–Crippen LogP) is 4.61. The molecule has 0 atom stereocenters. The van der Waals surface area contributed by atoms with Gasteiger partial charge in [0.25, 0.3) is 0 Å². The first-order valence-electron chi connectivity index (χ1n) is 6.46. The molecular weight excluding hydrogens is 232 g/mol. The van der Waals surface area contributed by atoms with Gasteiger partial charge in [0.1, 0.15) is 8.07 Å². The second-order valence-electron chi connectivity index (χ2n) is 5.33. The average molecular weight is 254 g/mol. The van der Waals surface area contributed by atoms with E-state index in [0.29, 0.717) is 0 Å². The Kier molecular flexibility index (Phi) is 6.25. The average Bonchev–Trinajstić information content (AvgIpc) is 2.32. The lowest BCUT2D eigenvalue weighted by Crippen LogP contribution is -2.16. The van der Waals surface area contributed by atoms with Crippen molar-refractivity contribution < 1.29 is 0 Å². The number of aryl methyl sites for hydroxylation is 1. The highest BCUT2D eigenvalue weighted by molar-refractivity contribution is 6.83. The van der Waals surface area contributed by atoms with Gasteiger partial charge in [0.2, 0.25) is 0 Å². The van der Waals surface area contributed by atoms with E-state index in [1.807, 2.05) is 12.2 Å². The maximum atomic E-state index is 3.31. The van der Waals surface area contributed by atoms with Crippen molar-refractivity contribution in [2.75, 3.05) is 0 Å². The summed E-state index contributed by atoms with van der Waals surface area (Å²) in [6.07, 6.45) is 10.4. The Balaban J connectivity index is 2.26. The normalized spacial score (nSPS) is 11.7. The van der Waals surface area contributed by atoms with Crippen LogP contribution in [0.15, 0.2) is 54.6 Å². The van der Waals surface area contributed by atoms with E-state index in [2.05, 4.69) is 73.6 Å². The molecule has 0 aliphatic rings. The maximum Gasteiger partial charge on any atom is 0.129 e. The van der Waals surface area contributed by atoms with E-state index < -0.39 is 8.07 Å². The van der Waals surface area contributed by atoms with Crippen molar-refractivity contribution in [2.45, 2.75) is 32.5 Å². The maximum absolute atomic E-state index is 3.31. The number of hydrogen-bond acceptors (Lipinski definition) is 0. The minimum atomic E-state index is -1.21. The Morgan fingerprint density at radius 3 is 2.44 bits per heavy atom. The van der Waals surface area contributed by atoms with Gasteiger partial charge in [-0.2, -0.15) is 0 Å². The van der Waals surface area contributed by atoms with Crippen molar-refractivity contribution >= 4 is 8.07 Å². The summed E-state index contributed by atoms with van der Waals surface area (Å²) < 4.78 is 0. The molecule has 0 aromatic heterocycles. The molecule has 0 radical (unpaired) electrons. The molecule has 0 unspecified atom stereocenters. The van der Waals surface area contributed by atoms with Gasteiger partial charge in [0.15, 0.2) is 0 Å². The van der Waals surface area contributed by atoms with Crippen molar-refractivity contribution in [1.29, 1.82) is 0 Å². The second kappa shape index (κ2) is 7.74. The molecule has 0 spiro atoms. The zero-order valence-electron chi connectivity index (χ0n) is 11.6.